The van der Waals surface area contributed by atoms with Crippen molar-refractivity contribution in [2.75, 3.05) is 0 Å². The molecule has 98 valence electrons. The number of rotatable bonds is 5. The van der Waals surface area contributed by atoms with Gasteiger partial charge in [-0.3, -0.25) is 4.79 Å². The van der Waals surface area contributed by atoms with Crippen LogP contribution in [0.3, 0.4) is 0 Å². The molecule has 0 aromatic rings. The first-order chi connectivity index (χ1) is 8.15. The topological polar surface area (TPSA) is 29.1 Å². The van der Waals surface area contributed by atoms with Gasteiger partial charge in [-0.25, -0.2) is 0 Å². The zero-order valence-corrected chi connectivity index (χ0v) is 11.4. The van der Waals surface area contributed by atoms with Gasteiger partial charge in [-0.05, 0) is 38.0 Å². The highest BCUT2D eigenvalue weighted by Gasteiger charge is 2.33. The molecule has 1 N–H and O–H groups in total. The summed E-state index contributed by atoms with van der Waals surface area (Å²) in [6.07, 6.45) is 9.25. The number of piperidine rings is 2. The normalized spacial score (nSPS) is 32.8. The van der Waals surface area contributed by atoms with E-state index in [1.807, 2.05) is 0 Å². The fraction of sp³-hybridized carbons (Fsp3) is 0.933. The molecule has 0 aliphatic carbocycles. The average Bonchev–Trinajstić information content (AvgIpc) is 2.27. The lowest BCUT2D eigenvalue weighted by molar-refractivity contribution is -0.124. The maximum Gasteiger partial charge on any atom is 0.136 e. The molecule has 2 bridgehead atoms. The van der Waals surface area contributed by atoms with Crippen molar-refractivity contribution in [3.8, 4) is 0 Å². The molecule has 2 atom stereocenters. The van der Waals surface area contributed by atoms with Gasteiger partial charge in [-0.2, -0.15) is 0 Å². The summed E-state index contributed by atoms with van der Waals surface area (Å²) in [5.41, 5.74) is 0. The van der Waals surface area contributed by atoms with E-state index >= 15 is 0 Å². The number of Topliss-reactive ketones (excluding diaryl/α,β-unsaturated/α-hetero) is 1. The Labute approximate surface area is 106 Å². The molecule has 2 nitrogen and oxygen atoms in total. The lowest BCUT2D eigenvalue weighted by Gasteiger charge is -2.39. The monoisotopic (exact) mass is 237 g/mol. The van der Waals surface area contributed by atoms with E-state index in [0.717, 1.165) is 31.6 Å². The van der Waals surface area contributed by atoms with Crippen molar-refractivity contribution in [3.05, 3.63) is 0 Å². The maximum absolute atomic E-state index is 12.2. The van der Waals surface area contributed by atoms with Crippen molar-refractivity contribution in [3.63, 3.8) is 0 Å². The van der Waals surface area contributed by atoms with Gasteiger partial charge < -0.3 is 5.32 Å². The van der Waals surface area contributed by atoms with Gasteiger partial charge in [0.2, 0.25) is 0 Å². The molecule has 2 aliphatic rings. The molecule has 2 aliphatic heterocycles. The maximum atomic E-state index is 12.2. The van der Waals surface area contributed by atoms with E-state index in [2.05, 4.69) is 19.2 Å². The van der Waals surface area contributed by atoms with Gasteiger partial charge in [-0.1, -0.05) is 26.7 Å². The predicted molar refractivity (Wildman–Crippen MR) is 71.0 cm³/mol. The molecule has 0 spiro atoms. The van der Waals surface area contributed by atoms with Crippen LogP contribution in [0.5, 0.6) is 0 Å². The van der Waals surface area contributed by atoms with Gasteiger partial charge in [0.25, 0.3) is 0 Å². The molecule has 0 saturated carbocycles. The third kappa shape index (κ3) is 3.80. The summed E-state index contributed by atoms with van der Waals surface area (Å²) in [6.45, 7) is 4.47. The molecule has 0 aromatic heterocycles. The molecule has 2 rings (SSSR count). The SMILES string of the molecule is CC(C)CCCC(=O)C1CC2CCCC(C1)N2. The van der Waals surface area contributed by atoms with Crippen LogP contribution < -0.4 is 5.32 Å². The molecule has 2 heteroatoms. The Morgan fingerprint density at radius 2 is 1.88 bits per heavy atom. The second-order valence-electron chi connectivity index (χ2n) is 6.41. The fourth-order valence-corrected chi connectivity index (χ4v) is 3.42. The van der Waals surface area contributed by atoms with Crippen LogP contribution >= 0.6 is 0 Å². The minimum Gasteiger partial charge on any atom is -0.311 e. The second kappa shape index (κ2) is 5.99. The number of hydrogen-bond acceptors (Lipinski definition) is 2. The highest BCUT2D eigenvalue weighted by molar-refractivity contribution is 5.81. The average molecular weight is 237 g/mol. The van der Waals surface area contributed by atoms with Gasteiger partial charge in [0.15, 0.2) is 0 Å². The molecular weight excluding hydrogens is 210 g/mol. The van der Waals surface area contributed by atoms with Crippen molar-refractivity contribution in [2.45, 2.75) is 77.3 Å². The lowest BCUT2D eigenvalue weighted by Crippen LogP contribution is -2.50. The van der Waals surface area contributed by atoms with Crippen molar-refractivity contribution >= 4 is 5.78 Å². The summed E-state index contributed by atoms with van der Waals surface area (Å²) in [5, 5.41) is 3.66. The number of ketones is 1. The summed E-state index contributed by atoms with van der Waals surface area (Å²) in [7, 11) is 0. The number of hydrogen-bond donors (Lipinski definition) is 1. The van der Waals surface area contributed by atoms with Gasteiger partial charge in [0.05, 0.1) is 0 Å². The molecule has 2 saturated heterocycles. The van der Waals surface area contributed by atoms with Crippen LogP contribution in [0.4, 0.5) is 0 Å². The molecule has 2 unspecified atom stereocenters. The van der Waals surface area contributed by atoms with Crippen molar-refractivity contribution in [1.29, 1.82) is 0 Å². The third-order valence-electron chi connectivity index (χ3n) is 4.37. The van der Waals surface area contributed by atoms with E-state index in [1.54, 1.807) is 0 Å². The molecule has 2 heterocycles. The molecule has 0 aromatic carbocycles. The quantitative estimate of drug-likeness (QED) is 0.795. The number of carbonyl (C=O) groups excluding carboxylic acids is 1. The summed E-state index contributed by atoms with van der Waals surface area (Å²) >= 11 is 0. The molecular formula is C15H27NO. The van der Waals surface area contributed by atoms with Gasteiger partial charge in [-0.15, -0.1) is 0 Å². The predicted octanol–water partition coefficient (Wildman–Crippen LogP) is 3.30. The number of nitrogens with one attached hydrogen (secondary N) is 1. The highest BCUT2D eigenvalue weighted by atomic mass is 16.1. The van der Waals surface area contributed by atoms with Crippen LogP contribution in [0.2, 0.25) is 0 Å². The third-order valence-corrected chi connectivity index (χ3v) is 4.37. The van der Waals surface area contributed by atoms with Gasteiger partial charge in [0.1, 0.15) is 5.78 Å². The standard InChI is InChI=1S/C15H27NO/c1-11(2)5-3-8-15(17)12-9-13-6-4-7-14(10-12)16-13/h11-14,16H,3-10H2,1-2H3. The number of fused-ring (bicyclic) bond motifs is 2. The Morgan fingerprint density at radius 1 is 1.24 bits per heavy atom. The molecule has 2 fully saturated rings. The Bertz CT molecular complexity index is 250. The fourth-order valence-electron chi connectivity index (χ4n) is 3.42. The van der Waals surface area contributed by atoms with E-state index in [-0.39, 0.29) is 0 Å². The van der Waals surface area contributed by atoms with Crippen LogP contribution in [-0.2, 0) is 4.79 Å². The van der Waals surface area contributed by atoms with Crippen LogP contribution in [0.15, 0.2) is 0 Å². The Morgan fingerprint density at radius 3 is 2.47 bits per heavy atom. The van der Waals surface area contributed by atoms with Gasteiger partial charge >= 0.3 is 0 Å². The molecule has 0 amide bonds. The van der Waals surface area contributed by atoms with Crippen LogP contribution in [0.1, 0.15) is 65.2 Å². The summed E-state index contributed by atoms with van der Waals surface area (Å²) < 4.78 is 0. The van der Waals surface area contributed by atoms with Crippen molar-refractivity contribution in [1.82, 2.24) is 5.32 Å². The highest BCUT2D eigenvalue weighted by Crippen LogP contribution is 2.31. The Balaban J connectivity index is 1.75. The zero-order chi connectivity index (χ0) is 12.3. The van der Waals surface area contributed by atoms with E-state index in [4.69, 9.17) is 0 Å². The first-order valence-electron chi connectivity index (χ1n) is 7.44. The smallest absolute Gasteiger partial charge is 0.136 e. The van der Waals surface area contributed by atoms with E-state index < -0.39 is 0 Å². The lowest BCUT2D eigenvalue weighted by atomic mass is 9.77. The first-order valence-corrected chi connectivity index (χ1v) is 7.44. The Kier molecular flexibility index (Phi) is 4.61. The van der Waals surface area contributed by atoms with E-state index in [0.29, 0.717) is 23.8 Å². The Hall–Kier alpha value is -0.370. The first kappa shape index (κ1) is 13.1. The van der Waals surface area contributed by atoms with E-state index in [1.165, 1.54) is 25.7 Å². The summed E-state index contributed by atoms with van der Waals surface area (Å²) in [5.74, 6) is 1.65. The second-order valence-corrected chi connectivity index (χ2v) is 6.41. The molecule has 17 heavy (non-hydrogen) atoms. The summed E-state index contributed by atoms with van der Waals surface area (Å²) in [4.78, 5) is 12.2. The number of carbonyl (C=O) groups is 1. The van der Waals surface area contributed by atoms with Crippen LogP contribution in [0.25, 0.3) is 0 Å². The zero-order valence-electron chi connectivity index (χ0n) is 11.4. The van der Waals surface area contributed by atoms with Gasteiger partial charge in [0, 0.05) is 24.4 Å². The minimum absolute atomic E-state index is 0.374. The van der Waals surface area contributed by atoms with Crippen molar-refractivity contribution < 1.29 is 4.79 Å². The van der Waals surface area contributed by atoms with Crippen LogP contribution in [0, 0.1) is 11.8 Å². The van der Waals surface area contributed by atoms with E-state index in [9.17, 15) is 4.79 Å². The molecule has 0 radical (unpaired) electrons. The largest absolute Gasteiger partial charge is 0.311 e. The van der Waals surface area contributed by atoms with Crippen LogP contribution in [-0.4, -0.2) is 17.9 Å². The van der Waals surface area contributed by atoms with Crippen molar-refractivity contribution in [2.24, 2.45) is 11.8 Å². The summed E-state index contributed by atoms with van der Waals surface area (Å²) in [6, 6.07) is 1.28. The minimum atomic E-state index is 0.374.